The van der Waals surface area contributed by atoms with E-state index < -0.39 is 0 Å². The lowest BCUT2D eigenvalue weighted by atomic mass is 9.77. The summed E-state index contributed by atoms with van der Waals surface area (Å²) in [5.41, 5.74) is 8.51. The fourth-order valence-electron chi connectivity index (χ4n) is 2.34. The first-order valence-corrected chi connectivity index (χ1v) is 5.96. The molecule has 0 aliphatic heterocycles. The summed E-state index contributed by atoms with van der Waals surface area (Å²) >= 11 is 0. The Kier molecular flexibility index (Phi) is 2.44. The molecule has 0 aromatic carbocycles. The van der Waals surface area contributed by atoms with Crippen LogP contribution in [0.2, 0.25) is 0 Å². The molecular formula is C13H16N4. The van der Waals surface area contributed by atoms with Crippen molar-refractivity contribution in [1.29, 1.82) is 0 Å². The molecular weight excluding hydrogens is 212 g/mol. The molecule has 2 aromatic rings. The van der Waals surface area contributed by atoms with E-state index >= 15 is 0 Å². The van der Waals surface area contributed by atoms with Crippen LogP contribution in [0.25, 0.3) is 11.3 Å². The summed E-state index contributed by atoms with van der Waals surface area (Å²) in [5, 5.41) is 0. The highest BCUT2D eigenvalue weighted by Crippen LogP contribution is 2.32. The van der Waals surface area contributed by atoms with Gasteiger partial charge in [0.05, 0.1) is 18.2 Å². The molecule has 2 heterocycles. The Morgan fingerprint density at radius 2 is 2.00 bits per heavy atom. The van der Waals surface area contributed by atoms with E-state index in [0.717, 1.165) is 30.6 Å². The predicted octanol–water partition coefficient (Wildman–Crippen LogP) is 1.83. The van der Waals surface area contributed by atoms with Crippen LogP contribution in [0.1, 0.15) is 19.3 Å². The highest BCUT2D eigenvalue weighted by atomic mass is 15.1. The lowest BCUT2D eigenvalue weighted by Crippen LogP contribution is -2.49. The molecule has 0 radical (unpaired) electrons. The van der Waals surface area contributed by atoms with Crippen LogP contribution in [0.4, 0.5) is 0 Å². The standard InChI is InChI=1S/C13H16N4/c14-13(4-1-5-13)9-17-10-16-8-12(17)11-2-6-15-7-3-11/h2-3,6-8,10H,1,4-5,9,14H2. The lowest BCUT2D eigenvalue weighted by molar-refractivity contribution is 0.216. The Labute approximate surface area is 101 Å². The third kappa shape index (κ3) is 1.96. The van der Waals surface area contributed by atoms with Gasteiger partial charge >= 0.3 is 0 Å². The van der Waals surface area contributed by atoms with Crippen molar-refractivity contribution in [3.8, 4) is 11.3 Å². The van der Waals surface area contributed by atoms with Gasteiger partial charge in [0.15, 0.2) is 0 Å². The fraction of sp³-hybridized carbons (Fsp3) is 0.385. The van der Waals surface area contributed by atoms with Gasteiger partial charge in [0.25, 0.3) is 0 Å². The van der Waals surface area contributed by atoms with Crippen molar-refractivity contribution in [2.45, 2.75) is 31.3 Å². The zero-order chi connectivity index (χ0) is 11.7. The molecule has 2 aromatic heterocycles. The van der Waals surface area contributed by atoms with E-state index in [1.807, 2.05) is 24.7 Å². The van der Waals surface area contributed by atoms with Gasteiger partial charge in [-0.2, -0.15) is 0 Å². The van der Waals surface area contributed by atoms with Gasteiger partial charge < -0.3 is 10.3 Å². The SMILES string of the molecule is NC1(Cn2cncc2-c2ccncc2)CCC1. The van der Waals surface area contributed by atoms with Crippen LogP contribution in [0.15, 0.2) is 37.1 Å². The minimum absolute atomic E-state index is 0.0253. The summed E-state index contributed by atoms with van der Waals surface area (Å²) in [6, 6.07) is 3.99. The molecule has 3 rings (SSSR count). The minimum Gasteiger partial charge on any atom is -0.329 e. The summed E-state index contributed by atoms with van der Waals surface area (Å²) in [7, 11) is 0. The maximum absolute atomic E-state index is 6.28. The Hall–Kier alpha value is -1.68. The van der Waals surface area contributed by atoms with E-state index in [1.54, 1.807) is 12.4 Å². The van der Waals surface area contributed by atoms with Crippen molar-refractivity contribution in [3.05, 3.63) is 37.1 Å². The number of rotatable bonds is 3. The molecule has 17 heavy (non-hydrogen) atoms. The Balaban J connectivity index is 1.89. The van der Waals surface area contributed by atoms with Gasteiger partial charge in [-0.05, 0) is 31.4 Å². The second-order valence-electron chi connectivity index (χ2n) is 4.86. The molecule has 4 nitrogen and oxygen atoms in total. The van der Waals surface area contributed by atoms with Crippen molar-refractivity contribution in [2.24, 2.45) is 5.73 Å². The summed E-state index contributed by atoms with van der Waals surface area (Å²) in [4.78, 5) is 8.26. The Morgan fingerprint density at radius 1 is 1.24 bits per heavy atom. The third-order valence-corrected chi connectivity index (χ3v) is 3.52. The molecule has 0 unspecified atom stereocenters. The normalized spacial score (nSPS) is 17.7. The van der Waals surface area contributed by atoms with E-state index in [-0.39, 0.29) is 5.54 Å². The first kappa shape index (κ1) is 10.5. The maximum atomic E-state index is 6.28. The molecule has 4 heteroatoms. The molecule has 0 atom stereocenters. The molecule has 1 aliphatic carbocycles. The Bertz CT molecular complexity index is 499. The van der Waals surface area contributed by atoms with Crippen LogP contribution in [-0.2, 0) is 6.54 Å². The lowest BCUT2D eigenvalue weighted by Gasteiger charge is -2.38. The number of pyridine rings is 1. The highest BCUT2D eigenvalue weighted by Gasteiger charge is 2.33. The number of hydrogen-bond donors (Lipinski definition) is 1. The van der Waals surface area contributed by atoms with Gasteiger partial charge in [-0.25, -0.2) is 4.98 Å². The zero-order valence-corrected chi connectivity index (χ0v) is 9.71. The van der Waals surface area contributed by atoms with Crippen LogP contribution in [0.5, 0.6) is 0 Å². The molecule has 0 saturated heterocycles. The molecule has 0 spiro atoms. The largest absolute Gasteiger partial charge is 0.329 e. The average Bonchev–Trinajstić information content (AvgIpc) is 2.76. The Morgan fingerprint density at radius 3 is 2.65 bits per heavy atom. The number of nitrogens with zero attached hydrogens (tertiary/aromatic N) is 3. The number of imidazole rings is 1. The van der Waals surface area contributed by atoms with E-state index in [1.165, 1.54) is 6.42 Å². The van der Waals surface area contributed by atoms with Crippen molar-refractivity contribution in [1.82, 2.24) is 14.5 Å². The first-order chi connectivity index (χ1) is 8.27. The third-order valence-electron chi connectivity index (χ3n) is 3.52. The maximum Gasteiger partial charge on any atom is 0.0951 e. The van der Waals surface area contributed by atoms with E-state index in [9.17, 15) is 0 Å². The number of nitrogens with two attached hydrogens (primary N) is 1. The van der Waals surface area contributed by atoms with Crippen LogP contribution in [-0.4, -0.2) is 20.1 Å². The van der Waals surface area contributed by atoms with E-state index in [0.29, 0.717) is 0 Å². The van der Waals surface area contributed by atoms with Gasteiger partial charge in [-0.3, -0.25) is 4.98 Å². The van der Waals surface area contributed by atoms with Gasteiger partial charge in [0, 0.05) is 30.0 Å². The minimum atomic E-state index is -0.0253. The summed E-state index contributed by atoms with van der Waals surface area (Å²) in [6.07, 6.45) is 10.8. The molecule has 0 amide bonds. The van der Waals surface area contributed by atoms with Crippen molar-refractivity contribution >= 4 is 0 Å². The molecule has 1 fully saturated rings. The monoisotopic (exact) mass is 228 g/mol. The van der Waals surface area contributed by atoms with Crippen LogP contribution in [0, 0.1) is 0 Å². The second kappa shape index (κ2) is 3.96. The number of aromatic nitrogens is 3. The van der Waals surface area contributed by atoms with E-state index in [4.69, 9.17) is 5.73 Å². The first-order valence-electron chi connectivity index (χ1n) is 5.96. The predicted molar refractivity (Wildman–Crippen MR) is 66.2 cm³/mol. The number of hydrogen-bond acceptors (Lipinski definition) is 3. The molecule has 1 aliphatic rings. The van der Waals surface area contributed by atoms with Gasteiger partial charge in [0.2, 0.25) is 0 Å². The summed E-state index contributed by atoms with van der Waals surface area (Å²) in [6.45, 7) is 0.852. The van der Waals surface area contributed by atoms with Crippen molar-refractivity contribution in [2.75, 3.05) is 0 Å². The molecule has 0 bridgehead atoms. The zero-order valence-electron chi connectivity index (χ0n) is 9.71. The van der Waals surface area contributed by atoms with Crippen LogP contribution in [0.3, 0.4) is 0 Å². The molecule has 2 N–H and O–H groups in total. The van der Waals surface area contributed by atoms with Gasteiger partial charge in [-0.1, -0.05) is 0 Å². The van der Waals surface area contributed by atoms with Gasteiger partial charge in [-0.15, -0.1) is 0 Å². The van der Waals surface area contributed by atoms with Crippen molar-refractivity contribution < 1.29 is 0 Å². The quantitative estimate of drug-likeness (QED) is 0.871. The smallest absolute Gasteiger partial charge is 0.0951 e. The molecule has 1 saturated carbocycles. The topological polar surface area (TPSA) is 56.7 Å². The van der Waals surface area contributed by atoms with Gasteiger partial charge in [0.1, 0.15) is 0 Å². The van der Waals surface area contributed by atoms with Crippen LogP contribution < -0.4 is 5.73 Å². The van der Waals surface area contributed by atoms with Crippen molar-refractivity contribution in [3.63, 3.8) is 0 Å². The average molecular weight is 228 g/mol. The molecule has 88 valence electrons. The van der Waals surface area contributed by atoms with E-state index in [2.05, 4.69) is 14.5 Å². The highest BCUT2D eigenvalue weighted by molar-refractivity contribution is 5.57. The summed E-state index contributed by atoms with van der Waals surface area (Å²) in [5.74, 6) is 0. The second-order valence-corrected chi connectivity index (χ2v) is 4.86. The fourth-order valence-corrected chi connectivity index (χ4v) is 2.34. The van der Waals surface area contributed by atoms with Crippen LogP contribution >= 0.6 is 0 Å². The summed E-state index contributed by atoms with van der Waals surface area (Å²) < 4.78 is 2.15.